The van der Waals surface area contributed by atoms with Crippen LogP contribution < -0.4 is 10.6 Å². The fourth-order valence-electron chi connectivity index (χ4n) is 1.59. The van der Waals surface area contributed by atoms with Crippen molar-refractivity contribution in [3.8, 4) is 0 Å². The molecule has 0 saturated carbocycles. The van der Waals surface area contributed by atoms with Crippen LogP contribution in [0.25, 0.3) is 0 Å². The summed E-state index contributed by atoms with van der Waals surface area (Å²) in [4.78, 5) is 11.5. The van der Waals surface area contributed by atoms with Gasteiger partial charge in [0.2, 0.25) is 5.91 Å². The van der Waals surface area contributed by atoms with Crippen LogP contribution in [0, 0.1) is 5.92 Å². The van der Waals surface area contributed by atoms with Gasteiger partial charge in [0.1, 0.15) is 6.10 Å². The molecule has 82 valence electrons. The van der Waals surface area contributed by atoms with Crippen molar-refractivity contribution < 1.29 is 9.53 Å². The molecule has 0 spiro atoms. The van der Waals surface area contributed by atoms with E-state index < -0.39 is 0 Å². The lowest BCUT2D eigenvalue weighted by atomic mass is 10.1. The predicted molar refractivity (Wildman–Crippen MR) is 55.1 cm³/mol. The summed E-state index contributed by atoms with van der Waals surface area (Å²) < 4.78 is 5.28. The lowest BCUT2D eigenvalue weighted by Crippen LogP contribution is -2.38. The standard InChI is InChI=1S/C10H20N2O2/c1-8(6-11-2)7-12-10(13)9-4-3-5-14-9/h8-9,11H,3-7H2,1-2H3,(H,12,13). The highest BCUT2D eigenvalue weighted by molar-refractivity contribution is 5.80. The molecule has 2 unspecified atom stereocenters. The fourth-order valence-corrected chi connectivity index (χ4v) is 1.59. The number of carbonyl (C=O) groups is 1. The Hall–Kier alpha value is -0.610. The highest BCUT2D eigenvalue weighted by atomic mass is 16.5. The summed E-state index contributed by atoms with van der Waals surface area (Å²) in [6.07, 6.45) is 1.67. The van der Waals surface area contributed by atoms with E-state index >= 15 is 0 Å². The zero-order valence-corrected chi connectivity index (χ0v) is 9.01. The van der Waals surface area contributed by atoms with Crippen LogP contribution in [0.2, 0.25) is 0 Å². The molecule has 1 aliphatic rings. The molecule has 1 amide bonds. The SMILES string of the molecule is CNCC(C)CNC(=O)C1CCCO1. The van der Waals surface area contributed by atoms with Crippen molar-refractivity contribution in [1.82, 2.24) is 10.6 Å². The number of hydrogen-bond acceptors (Lipinski definition) is 3. The van der Waals surface area contributed by atoms with E-state index in [0.29, 0.717) is 5.92 Å². The summed E-state index contributed by atoms with van der Waals surface area (Å²) in [7, 11) is 1.92. The van der Waals surface area contributed by atoms with E-state index in [1.165, 1.54) is 0 Å². The van der Waals surface area contributed by atoms with E-state index in [1.807, 2.05) is 7.05 Å². The molecule has 0 radical (unpaired) electrons. The van der Waals surface area contributed by atoms with E-state index in [9.17, 15) is 4.79 Å². The maximum atomic E-state index is 11.5. The lowest BCUT2D eigenvalue weighted by molar-refractivity contribution is -0.130. The van der Waals surface area contributed by atoms with Crippen LogP contribution in [-0.4, -0.2) is 38.8 Å². The van der Waals surface area contributed by atoms with Crippen LogP contribution in [0.15, 0.2) is 0 Å². The van der Waals surface area contributed by atoms with Crippen LogP contribution in [0.4, 0.5) is 0 Å². The summed E-state index contributed by atoms with van der Waals surface area (Å²) in [6, 6.07) is 0. The van der Waals surface area contributed by atoms with Crippen molar-refractivity contribution >= 4 is 5.91 Å². The van der Waals surface area contributed by atoms with Gasteiger partial charge in [-0.15, -0.1) is 0 Å². The van der Waals surface area contributed by atoms with Crippen molar-refractivity contribution in [2.24, 2.45) is 5.92 Å². The number of nitrogens with one attached hydrogen (secondary N) is 2. The largest absolute Gasteiger partial charge is 0.368 e. The predicted octanol–water partition coefficient (Wildman–Crippen LogP) is 0.137. The van der Waals surface area contributed by atoms with E-state index in [4.69, 9.17) is 4.74 Å². The molecule has 14 heavy (non-hydrogen) atoms. The number of hydrogen-bond donors (Lipinski definition) is 2. The van der Waals surface area contributed by atoms with Crippen molar-refractivity contribution in [2.45, 2.75) is 25.9 Å². The first kappa shape index (κ1) is 11.5. The summed E-state index contributed by atoms with van der Waals surface area (Å²) in [5, 5.41) is 5.98. The quantitative estimate of drug-likeness (QED) is 0.663. The van der Waals surface area contributed by atoms with Crippen LogP contribution in [0.5, 0.6) is 0 Å². The van der Waals surface area contributed by atoms with Gasteiger partial charge in [0.25, 0.3) is 0 Å². The minimum atomic E-state index is -0.197. The minimum Gasteiger partial charge on any atom is -0.368 e. The topological polar surface area (TPSA) is 50.4 Å². The molecular weight excluding hydrogens is 180 g/mol. The van der Waals surface area contributed by atoms with Gasteiger partial charge in [0.05, 0.1) is 0 Å². The van der Waals surface area contributed by atoms with E-state index in [0.717, 1.165) is 32.5 Å². The maximum absolute atomic E-state index is 11.5. The first-order chi connectivity index (χ1) is 6.74. The Balaban J connectivity index is 2.13. The van der Waals surface area contributed by atoms with Gasteiger partial charge >= 0.3 is 0 Å². The second-order valence-corrected chi connectivity index (χ2v) is 3.91. The first-order valence-corrected chi connectivity index (χ1v) is 5.28. The molecule has 0 aromatic carbocycles. The van der Waals surface area contributed by atoms with Crippen molar-refractivity contribution in [3.63, 3.8) is 0 Å². The van der Waals surface area contributed by atoms with Gasteiger partial charge in [0.15, 0.2) is 0 Å². The van der Waals surface area contributed by atoms with Crippen LogP contribution in [0.1, 0.15) is 19.8 Å². The molecule has 2 atom stereocenters. The Morgan fingerprint density at radius 1 is 1.57 bits per heavy atom. The van der Waals surface area contributed by atoms with Crippen molar-refractivity contribution in [3.05, 3.63) is 0 Å². The maximum Gasteiger partial charge on any atom is 0.249 e. The first-order valence-electron chi connectivity index (χ1n) is 5.28. The average Bonchev–Trinajstić information content (AvgIpc) is 2.67. The van der Waals surface area contributed by atoms with Gasteiger partial charge in [0, 0.05) is 13.2 Å². The fraction of sp³-hybridized carbons (Fsp3) is 0.900. The zero-order chi connectivity index (χ0) is 10.4. The normalized spacial score (nSPS) is 23.4. The average molecular weight is 200 g/mol. The molecule has 1 aliphatic heterocycles. The Kier molecular flexibility index (Phi) is 4.90. The third-order valence-corrected chi connectivity index (χ3v) is 2.40. The summed E-state index contributed by atoms with van der Waals surface area (Å²) >= 11 is 0. The van der Waals surface area contributed by atoms with Gasteiger partial charge < -0.3 is 15.4 Å². The number of rotatable bonds is 5. The third-order valence-electron chi connectivity index (χ3n) is 2.40. The molecule has 1 saturated heterocycles. The third kappa shape index (κ3) is 3.64. The Labute approximate surface area is 85.4 Å². The summed E-state index contributed by atoms with van der Waals surface area (Å²) in [5.74, 6) is 0.510. The molecule has 2 N–H and O–H groups in total. The molecule has 0 aliphatic carbocycles. The van der Waals surface area contributed by atoms with E-state index in [2.05, 4.69) is 17.6 Å². The second kappa shape index (κ2) is 5.98. The Bertz CT molecular complexity index is 179. The summed E-state index contributed by atoms with van der Waals surface area (Å²) in [6.45, 7) is 4.47. The number of amides is 1. The van der Waals surface area contributed by atoms with Crippen molar-refractivity contribution in [2.75, 3.05) is 26.7 Å². The van der Waals surface area contributed by atoms with Gasteiger partial charge in [-0.2, -0.15) is 0 Å². The van der Waals surface area contributed by atoms with Gasteiger partial charge in [-0.05, 0) is 32.4 Å². The second-order valence-electron chi connectivity index (χ2n) is 3.91. The van der Waals surface area contributed by atoms with Crippen molar-refractivity contribution in [1.29, 1.82) is 0 Å². The van der Waals surface area contributed by atoms with Gasteiger partial charge in [-0.25, -0.2) is 0 Å². The van der Waals surface area contributed by atoms with E-state index in [-0.39, 0.29) is 12.0 Å². The Morgan fingerprint density at radius 2 is 2.36 bits per heavy atom. The smallest absolute Gasteiger partial charge is 0.249 e. The molecule has 4 heteroatoms. The highest BCUT2D eigenvalue weighted by Gasteiger charge is 2.23. The van der Waals surface area contributed by atoms with E-state index in [1.54, 1.807) is 0 Å². The zero-order valence-electron chi connectivity index (χ0n) is 9.01. The minimum absolute atomic E-state index is 0.0467. The summed E-state index contributed by atoms with van der Waals surface area (Å²) in [5.41, 5.74) is 0. The van der Waals surface area contributed by atoms with Gasteiger partial charge in [-0.3, -0.25) is 4.79 Å². The molecule has 0 bridgehead atoms. The number of ether oxygens (including phenoxy) is 1. The van der Waals surface area contributed by atoms with Gasteiger partial charge in [-0.1, -0.05) is 6.92 Å². The molecular formula is C10H20N2O2. The monoisotopic (exact) mass is 200 g/mol. The molecule has 1 heterocycles. The van der Waals surface area contributed by atoms with Crippen LogP contribution >= 0.6 is 0 Å². The molecule has 0 aromatic rings. The van der Waals surface area contributed by atoms with Crippen LogP contribution in [-0.2, 0) is 9.53 Å². The number of carbonyl (C=O) groups excluding carboxylic acids is 1. The molecule has 4 nitrogen and oxygen atoms in total. The molecule has 1 fully saturated rings. The molecule has 1 rings (SSSR count). The Morgan fingerprint density at radius 3 is 2.93 bits per heavy atom. The molecule has 0 aromatic heterocycles. The van der Waals surface area contributed by atoms with Crippen LogP contribution in [0.3, 0.4) is 0 Å². The lowest BCUT2D eigenvalue weighted by Gasteiger charge is -2.14. The highest BCUT2D eigenvalue weighted by Crippen LogP contribution is 2.11.